The van der Waals surface area contributed by atoms with Gasteiger partial charge in [0.05, 0.1) is 23.3 Å². The Bertz CT molecular complexity index is 530. The Labute approximate surface area is 99.2 Å². The van der Waals surface area contributed by atoms with Crippen LogP contribution in [-0.4, -0.2) is 0 Å². The van der Waals surface area contributed by atoms with E-state index in [1.807, 2.05) is 33.9 Å². The van der Waals surface area contributed by atoms with Crippen molar-refractivity contribution in [3.05, 3.63) is 60.2 Å². The Hall–Kier alpha value is -2.72. The van der Waals surface area contributed by atoms with Gasteiger partial charge in [0, 0.05) is 24.3 Å². The molecule has 0 bridgehead atoms. The first kappa shape index (κ1) is 10.8. The molecule has 2 aromatic rings. The van der Waals surface area contributed by atoms with E-state index < -0.39 is 0 Å². The molecule has 0 aliphatic rings. The van der Waals surface area contributed by atoms with Gasteiger partial charge >= 0.3 is 6.67 Å². The van der Waals surface area contributed by atoms with Crippen molar-refractivity contribution in [2.45, 2.75) is 6.67 Å². The normalized spacial score (nSPS) is 9.29. The van der Waals surface area contributed by atoms with E-state index in [0.717, 1.165) is 0 Å². The summed E-state index contributed by atoms with van der Waals surface area (Å²) in [6.45, 7) is 0.650. The summed E-state index contributed by atoms with van der Waals surface area (Å²) < 4.78 is 3.90. The SMILES string of the molecule is N#Cc1cc[n+](C[n+]2ccc(C#N)cc2)cc1. The van der Waals surface area contributed by atoms with Crippen LogP contribution in [0.25, 0.3) is 0 Å². The lowest BCUT2D eigenvalue weighted by atomic mass is 10.3. The second-order valence-electron chi connectivity index (χ2n) is 3.57. The van der Waals surface area contributed by atoms with Gasteiger partial charge in [0.1, 0.15) is 0 Å². The lowest BCUT2D eigenvalue weighted by Gasteiger charge is -1.93. The number of aromatic nitrogens is 2. The number of hydrogen-bond acceptors (Lipinski definition) is 2. The van der Waals surface area contributed by atoms with Gasteiger partial charge in [-0.25, -0.2) is 0 Å². The van der Waals surface area contributed by atoms with Crippen molar-refractivity contribution in [3.8, 4) is 12.1 Å². The highest BCUT2D eigenvalue weighted by atomic mass is 15.1. The molecule has 0 unspecified atom stereocenters. The third-order valence-corrected chi connectivity index (χ3v) is 2.37. The molecule has 0 aliphatic heterocycles. The van der Waals surface area contributed by atoms with E-state index in [1.165, 1.54) is 0 Å². The first-order valence-electron chi connectivity index (χ1n) is 5.10. The molecule has 0 aromatic carbocycles. The molecule has 0 fully saturated rings. The molecule has 2 heterocycles. The van der Waals surface area contributed by atoms with Gasteiger partial charge in [-0.15, -0.1) is 9.13 Å². The fourth-order valence-corrected chi connectivity index (χ4v) is 1.44. The number of nitrogens with zero attached hydrogens (tertiary/aromatic N) is 4. The van der Waals surface area contributed by atoms with E-state index in [2.05, 4.69) is 12.1 Å². The minimum absolute atomic E-state index is 0.645. The highest BCUT2D eigenvalue weighted by Gasteiger charge is 2.07. The number of rotatable bonds is 2. The number of hydrogen-bond donors (Lipinski definition) is 0. The Morgan fingerprint density at radius 3 is 1.41 bits per heavy atom. The van der Waals surface area contributed by atoms with Gasteiger partial charge in [-0.2, -0.15) is 10.5 Å². The van der Waals surface area contributed by atoms with Crippen LogP contribution in [0.4, 0.5) is 0 Å². The summed E-state index contributed by atoms with van der Waals surface area (Å²) in [7, 11) is 0. The predicted octanol–water partition coefficient (Wildman–Crippen LogP) is 0.511. The van der Waals surface area contributed by atoms with E-state index in [1.54, 1.807) is 24.3 Å². The second kappa shape index (κ2) is 4.87. The molecule has 0 saturated heterocycles. The van der Waals surface area contributed by atoms with Crippen LogP contribution < -0.4 is 9.13 Å². The first-order valence-corrected chi connectivity index (χ1v) is 5.10. The van der Waals surface area contributed by atoms with Crippen molar-refractivity contribution in [1.82, 2.24) is 0 Å². The summed E-state index contributed by atoms with van der Waals surface area (Å²) >= 11 is 0. The Morgan fingerprint density at radius 2 is 1.12 bits per heavy atom. The predicted molar refractivity (Wildman–Crippen MR) is 58.1 cm³/mol. The van der Waals surface area contributed by atoms with Gasteiger partial charge in [-0.3, -0.25) is 0 Å². The summed E-state index contributed by atoms with van der Waals surface area (Å²) in [5.41, 5.74) is 1.29. The topological polar surface area (TPSA) is 55.3 Å². The average molecular weight is 222 g/mol. The van der Waals surface area contributed by atoms with E-state index in [0.29, 0.717) is 17.8 Å². The zero-order chi connectivity index (χ0) is 12.1. The van der Waals surface area contributed by atoms with Crippen molar-refractivity contribution < 1.29 is 9.13 Å². The average Bonchev–Trinajstić information content (AvgIpc) is 2.40. The second-order valence-corrected chi connectivity index (χ2v) is 3.57. The van der Waals surface area contributed by atoms with Gasteiger partial charge in [-0.05, 0) is 0 Å². The summed E-state index contributed by atoms with van der Waals surface area (Å²) in [5, 5.41) is 17.4. The monoisotopic (exact) mass is 222 g/mol. The van der Waals surface area contributed by atoms with Gasteiger partial charge in [-0.1, -0.05) is 0 Å². The van der Waals surface area contributed by atoms with Gasteiger partial charge in [0.25, 0.3) is 0 Å². The van der Waals surface area contributed by atoms with Gasteiger partial charge < -0.3 is 0 Å². The van der Waals surface area contributed by atoms with Crippen molar-refractivity contribution in [2.24, 2.45) is 0 Å². The van der Waals surface area contributed by atoms with Crippen LogP contribution in [0.2, 0.25) is 0 Å². The minimum Gasteiger partial charge on any atom is -0.192 e. The zero-order valence-electron chi connectivity index (χ0n) is 9.11. The van der Waals surface area contributed by atoms with Crippen molar-refractivity contribution in [1.29, 1.82) is 10.5 Å². The zero-order valence-corrected chi connectivity index (χ0v) is 9.11. The highest BCUT2D eigenvalue weighted by Crippen LogP contribution is 1.91. The maximum absolute atomic E-state index is 8.68. The molecule has 2 rings (SSSR count). The summed E-state index contributed by atoms with van der Waals surface area (Å²) in [5.74, 6) is 0. The van der Waals surface area contributed by atoms with Gasteiger partial charge in [0.15, 0.2) is 24.8 Å². The minimum atomic E-state index is 0.645. The first-order chi connectivity index (χ1) is 8.31. The molecule has 2 aromatic heterocycles. The van der Waals surface area contributed by atoms with E-state index in [9.17, 15) is 0 Å². The van der Waals surface area contributed by atoms with Crippen molar-refractivity contribution in [2.75, 3.05) is 0 Å². The van der Waals surface area contributed by atoms with Crippen molar-refractivity contribution >= 4 is 0 Å². The molecule has 0 aliphatic carbocycles. The quantitative estimate of drug-likeness (QED) is 0.695. The summed E-state index contributed by atoms with van der Waals surface area (Å²) in [6, 6.07) is 11.2. The van der Waals surface area contributed by atoms with Crippen LogP contribution in [0.5, 0.6) is 0 Å². The molecule has 0 atom stereocenters. The lowest BCUT2D eigenvalue weighted by molar-refractivity contribution is -0.913. The fraction of sp³-hybridized carbons (Fsp3) is 0.0769. The summed E-state index contributed by atoms with van der Waals surface area (Å²) in [6.07, 6.45) is 7.40. The van der Waals surface area contributed by atoms with Crippen LogP contribution >= 0.6 is 0 Å². The molecule has 0 spiro atoms. The van der Waals surface area contributed by atoms with E-state index in [-0.39, 0.29) is 0 Å². The maximum atomic E-state index is 8.68. The molecule has 0 amide bonds. The largest absolute Gasteiger partial charge is 0.343 e. The molecule has 4 nitrogen and oxygen atoms in total. The van der Waals surface area contributed by atoms with E-state index >= 15 is 0 Å². The lowest BCUT2D eigenvalue weighted by Crippen LogP contribution is -2.50. The van der Waals surface area contributed by atoms with Crippen molar-refractivity contribution in [3.63, 3.8) is 0 Å². The standard InChI is InChI=1S/C13H10N4/c14-9-12-1-5-16(6-2-12)11-17-7-3-13(10-15)4-8-17/h1-8H,11H2/q+2. The molecule has 0 N–H and O–H groups in total. The highest BCUT2D eigenvalue weighted by molar-refractivity contribution is 5.24. The molecular weight excluding hydrogens is 212 g/mol. The molecule has 4 heteroatoms. The molecule has 17 heavy (non-hydrogen) atoms. The van der Waals surface area contributed by atoms with Crippen LogP contribution in [-0.2, 0) is 6.67 Å². The smallest absolute Gasteiger partial charge is 0.192 e. The Morgan fingerprint density at radius 1 is 0.765 bits per heavy atom. The summed E-state index contributed by atoms with van der Waals surface area (Å²) in [4.78, 5) is 0. The third kappa shape index (κ3) is 2.64. The molecule has 0 radical (unpaired) electrons. The van der Waals surface area contributed by atoms with Gasteiger partial charge in [0.2, 0.25) is 0 Å². The number of pyridine rings is 2. The van der Waals surface area contributed by atoms with E-state index in [4.69, 9.17) is 10.5 Å². The molecule has 80 valence electrons. The third-order valence-electron chi connectivity index (χ3n) is 2.37. The fourth-order valence-electron chi connectivity index (χ4n) is 1.44. The Kier molecular flexibility index (Phi) is 3.09. The molecule has 0 saturated carbocycles. The van der Waals surface area contributed by atoms with Crippen LogP contribution in [0.15, 0.2) is 49.1 Å². The molecular formula is C13H10N4+2. The van der Waals surface area contributed by atoms with Crippen LogP contribution in [0.3, 0.4) is 0 Å². The number of nitriles is 2. The Balaban J connectivity index is 2.14. The van der Waals surface area contributed by atoms with Crippen LogP contribution in [0.1, 0.15) is 11.1 Å². The van der Waals surface area contributed by atoms with Crippen LogP contribution in [0, 0.1) is 22.7 Å². The maximum Gasteiger partial charge on any atom is 0.343 e.